The van der Waals surface area contributed by atoms with Gasteiger partial charge in [-0.1, -0.05) is 29.1 Å². The Bertz CT molecular complexity index is 676. The Morgan fingerprint density at radius 2 is 2.25 bits per heavy atom. The van der Waals surface area contributed by atoms with Gasteiger partial charge in [0.25, 0.3) is 0 Å². The standard InChI is InChI=1S/C14H10Cl2N2OS/c1-2-5-17-13(19)7-10-8-20-14(18-10)11-4-3-9(15)6-12(11)16/h1,3-4,6,8H,5,7H2,(H,17,19). The van der Waals surface area contributed by atoms with Gasteiger partial charge in [-0.2, -0.15) is 0 Å². The Morgan fingerprint density at radius 3 is 2.95 bits per heavy atom. The highest BCUT2D eigenvalue weighted by molar-refractivity contribution is 7.13. The third kappa shape index (κ3) is 3.73. The van der Waals surface area contributed by atoms with Gasteiger partial charge in [0, 0.05) is 16.0 Å². The number of carbonyl (C=O) groups excluding carboxylic acids is 1. The molecule has 0 bridgehead atoms. The van der Waals surface area contributed by atoms with Crippen LogP contribution in [-0.2, 0) is 11.2 Å². The van der Waals surface area contributed by atoms with Gasteiger partial charge in [0.15, 0.2) is 0 Å². The average Bonchev–Trinajstić information content (AvgIpc) is 2.84. The minimum atomic E-state index is -0.151. The van der Waals surface area contributed by atoms with Crippen LogP contribution in [0.4, 0.5) is 0 Å². The van der Waals surface area contributed by atoms with E-state index in [1.54, 1.807) is 12.1 Å². The molecule has 0 saturated heterocycles. The number of nitrogens with one attached hydrogen (secondary N) is 1. The van der Waals surface area contributed by atoms with Crippen molar-refractivity contribution in [3.05, 3.63) is 39.3 Å². The van der Waals surface area contributed by atoms with Crippen molar-refractivity contribution in [2.24, 2.45) is 0 Å². The number of halogens is 2. The molecule has 1 heterocycles. The van der Waals surface area contributed by atoms with Crippen molar-refractivity contribution in [2.75, 3.05) is 6.54 Å². The van der Waals surface area contributed by atoms with Gasteiger partial charge in [-0.3, -0.25) is 4.79 Å². The molecular formula is C14H10Cl2N2OS. The second kappa shape index (κ2) is 6.76. The summed E-state index contributed by atoms with van der Waals surface area (Å²) < 4.78 is 0. The Hall–Kier alpha value is -1.54. The molecule has 3 nitrogen and oxygen atoms in total. The lowest BCUT2D eigenvalue weighted by molar-refractivity contribution is -0.120. The highest BCUT2D eigenvalue weighted by Gasteiger charge is 2.11. The van der Waals surface area contributed by atoms with Crippen LogP contribution in [0.25, 0.3) is 10.6 Å². The van der Waals surface area contributed by atoms with E-state index in [0.29, 0.717) is 15.7 Å². The fourth-order valence-corrected chi connectivity index (χ4v) is 2.96. The number of thiazole rings is 1. The largest absolute Gasteiger partial charge is 0.345 e. The van der Waals surface area contributed by atoms with Crippen LogP contribution >= 0.6 is 34.5 Å². The van der Waals surface area contributed by atoms with E-state index in [0.717, 1.165) is 10.6 Å². The quantitative estimate of drug-likeness (QED) is 0.876. The highest BCUT2D eigenvalue weighted by Crippen LogP contribution is 2.32. The summed E-state index contributed by atoms with van der Waals surface area (Å²) in [5.41, 5.74) is 1.49. The number of carbonyl (C=O) groups is 1. The average molecular weight is 325 g/mol. The lowest BCUT2D eigenvalue weighted by Gasteiger charge is -2.01. The Labute approximate surface area is 130 Å². The molecule has 0 unspecified atom stereocenters. The molecule has 0 radical (unpaired) electrons. The van der Waals surface area contributed by atoms with Gasteiger partial charge in [-0.05, 0) is 18.2 Å². The number of aromatic nitrogens is 1. The monoisotopic (exact) mass is 324 g/mol. The van der Waals surface area contributed by atoms with Crippen molar-refractivity contribution in [1.29, 1.82) is 0 Å². The van der Waals surface area contributed by atoms with E-state index in [1.807, 2.05) is 11.4 Å². The van der Waals surface area contributed by atoms with E-state index >= 15 is 0 Å². The molecule has 1 aromatic heterocycles. The van der Waals surface area contributed by atoms with Crippen LogP contribution in [0.2, 0.25) is 10.0 Å². The number of hydrogen-bond donors (Lipinski definition) is 1. The van der Waals surface area contributed by atoms with Crippen molar-refractivity contribution in [2.45, 2.75) is 6.42 Å². The molecule has 102 valence electrons. The van der Waals surface area contributed by atoms with E-state index in [2.05, 4.69) is 16.2 Å². The molecule has 1 N–H and O–H groups in total. The topological polar surface area (TPSA) is 42.0 Å². The van der Waals surface area contributed by atoms with Crippen molar-refractivity contribution in [3.8, 4) is 22.9 Å². The maximum atomic E-state index is 11.5. The van der Waals surface area contributed by atoms with E-state index in [9.17, 15) is 4.79 Å². The summed E-state index contributed by atoms with van der Waals surface area (Å²) in [5, 5.41) is 6.29. The van der Waals surface area contributed by atoms with E-state index in [4.69, 9.17) is 29.6 Å². The predicted octanol–water partition coefficient (Wildman–Crippen LogP) is 3.41. The second-order valence-electron chi connectivity index (χ2n) is 3.93. The van der Waals surface area contributed by atoms with Gasteiger partial charge in [-0.15, -0.1) is 17.8 Å². The predicted molar refractivity (Wildman–Crippen MR) is 83.1 cm³/mol. The Morgan fingerprint density at radius 1 is 1.45 bits per heavy atom. The number of nitrogens with zero attached hydrogens (tertiary/aromatic N) is 1. The maximum Gasteiger partial charge on any atom is 0.226 e. The van der Waals surface area contributed by atoms with Crippen LogP contribution in [0.3, 0.4) is 0 Å². The molecule has 1 aromatic carbocycles. The summed E-state index contributed by atoms with van der Waals surface area (Å²) >= 11 is 13.4. The molecule has 0 aliphatic carbocycles. The molecule has 0 aliphatic rings. The Balaban J connectivity index is 2.13. The minimum absolute atomic E-state index is 0.151. The zero-order chi connectivity index (χ0) is 14.5. The molecule has 1 amide bonds. The molecular weight excluding hydrogens is 315 g/mol. The van der Waals surface area contributed by atoms with Crippen molar-refractivity contribution >= 4 is 40.4 Å². The SMILES string of the molecule is C#CCNC(=O)Cc1csc(-c2ccc(Cl)cc2Cl)n1. The number of benzene rings is 1. The number of rotatable bonds is 4. The molecule has 20 heavy (non-hydrogen) atoms. The van der Waals surface area contributed by atoms with E-state index < -0.39 is 0 Å². The van der Waals surface area contributed by atoms with Crippen LogP contribution in [-0.4, -0.2) is 17.4 Å². The van der Waals surface area contributed by atoms with Gasteiger partial charge in [0.2, 0.25) is 5.91 Å². The summed E-state index contributed by atoms with van der Waals surface area (Å²) in [7, 11) is 0. The number of amides is 1. The van der Waals surface area contributed by atoms with Crippen LogP contribution in [0.5, 0.6) is 0 Å². The molecule has 0 fully saturated rings. The maximum absolute atomic E-state index is 11.5. The van der Waals surface area contributed by atoms with Crippen LogP contribution in [0.15, 0.2) is 23.6 Å². The smallest absolute Gasteiger partial charge is 0.226 e. The molecule has 2 aromatic rings. The van der Waals surface area contributed by atoms with E-state index in [-0.39, 0.29) is 18.9 Å². The molecule has 6 heteroatoms. The van der Waals surface area contributed by atoms with Crippen LogP contribution in [0, 0.1) is 12.3 Å². The van der Waals surface area contributed by atoms with E-state index in [1.165, 1.54) is 11.3 Å². The number of hydrogen-bond acceptors (Lipinski definition) is 3. The van der Waals surface area contributed by atoms with Crippen molar-refractivity contribution < 1.29 is 4.79 Å². The summed E-state index contributed by atoms with van der Waals surface area (Å²) in [6.07, 6.45) is 5.27. The summed E-state index contributed by atoms with van der Waals surface area (Å²) in [5.74, 6) is 2.20. The van der Waals surface area contributed by atoms with Crippen molar-refractivity contribution in [3.63, 3.8) is 0 Å². The lowest BCUT2D eigenvalue weighted by Crippen LogP contribution is -2.25. The van der Waals surface area contributed by atoms with Gasteiger partial charge >= 0.3 is 0 Å². The Kier molecular flexibility index (Phi) is 5.02. The second-order valence-corrected chi connectivity index (χ2v) is 5.63. The molecule has 2 rings (SSSR count). The van der Waals surface area contributed by atoms with Gasteiger partial charge in [-0.25, -0.2) is 4.98 Å². The normalized spacial score (nSPS) is 10.1. The minimum Gasteiger partial charge on any atom is -0.345 e. The molecule has 0 saturated carbocycles. The fourth-order valence-electron chi connectivity index (χ4n) is 1.55. The molecule has 0 atom stereocenters. The molecule has 0 aliphatic heterocycles. The van der Waals surface area contributed by atoms with Crippen LogP contribution < -0.4 is 5.32 Å². The van der Waals surface area contributed by atoms with Crippen LogP contribution in [0.1, 0.15) is 5.69 Å². The fraction of sp³-hybridized carbons (Fsp3) is 0.143. The van der Waals surface area contributed by atoms with Crippen molar-refractivity contribution in [1.82, 2.24) is 10.3 Å². The first kappa shape index (κ1) is 14.9. The lowest BCUT2D eigenvalue weighted by atomic mass is 10.2. The summed E-state index contributed by atoms with van der Waals surface area (Å²) in [4.78, 5) is 15.9. The zero-order valence-corrected chi connectivity index (χ0v) is 12.6. The third-order valence-corrected chi connectivity index (χ3v) is 3.91. The zero-order valence-electron chi connectivity index (χ0n) is 10.3. The first-order chi connectivity index (χ1) is 9.60. The van der Waals surface area contributed by atoms with Gasteiger partial charge < -0.3 is 5.32 Å². The summed E-state index contributed by atoms with van der Waals surface area (Å²) in [6, 6.07) is 5.23. The summed E-state index contributed by atoms with van der Waals surface area (Å²) in [6.45, 7) is 0.221. The number of terminal acetylenes is 1. The molecule has 0 spiro atoms. The van der Waals surface area contributed by atoms with Gasteiger partial charge in [0.1, 0.15) is 5.01 Å². The third-order valence-electron chi connectivity index (χ3n) is 2.44. The van der Waals surface area contributed by atoms with Gasteiger partial charge in [0.05, 0.1) is 23.7 Å². The first-order valence-corrected chi connectivity index (χ1v) is 7.33. The highest BCUT2D eigenvalue weighted by atomic mass is 35.5. The first-order valence-electron chi connectivity index (χ1n) is 5.70.